The van der Waals surface area contributed by atoms with Crippen molar-refractivity contribution in [3.63, 3.8) is 0 Å². The summed E-state index contributed by atoms with van der Waals surface area (Å²) >= 11 is 0. The SMILES string of the molecule is [Br-].[CH2-]C[Si](C)(C)c1ccccc1.[Mg+2]. The fraction of sp³-hybridized carbons (Fsp3) is 0.300. The topological polar surface area (TPSA) is 0 Å². The molecule has 0 aliphatic rings. The third kappa shape index (κ3) is 4.63. The summed E-state index contributed by atoms with van der Waals surface area (Å²) < 4.78 is 0. The molecule has 0 heterocycles. The molecule has 0 atom stereocenters. The van der Waals surface area contributed by atoms with Crippen molar-refractivity contribution in [2.75, 3.05) is 0 Å². The zero-order chi connectivity index (χ0) is 8.32. The van der Waals surface area contributed by atoms with E-state index in [9.17, 15) is 0 Å². The predicted molar refractivity (Wildman–Crippen MR) is 59.5 cm³/mol. The first kappa shape index (κ1) is 16.1. The van der Waals surface area contributed by atoms with E-state index in [2.05, 4.69) is 50.3 Å². The summed E-state index contributed by atoms with van der Waals surface area (Å²) in [6.07, 6.45) is 0. The largest absolute Gasteiger partial charge is 2.00 e. The maximum Gasteiger partial charge on any atom is 2.00 e. The van der Waals surface area contributed by atoms with Crippen LogP contribution in [0, 0.1) is 6.92 Å². The third-order valence-corrected chi connectivity index (χ3v) is 5.33. The molecule has 13 heavy (non-hydrogen) atoms. The van der Waals surface area contributed by atoms with Crippen LogP contribution in [0.1, 0.15) is 0 Å². The molecule has 0 N–H and O–H groups in total. The maximum absolute atomic E-state index is 4.00. The van der Waals surface area contributed by atoms with E-state index in [1.807, 2.05) is 0 Å². The molecular formula is C10H15BrMgSi. The van der Waals surface area contributed by atoms with Crippen molar-refractivity contribution >= 4 is 36.3 Å². The van der Waals surface area contributed by atoms with E-state index in [-0.39, 0.29) is 40.0 Å². The molecule has 1 aromatic rings. The fourth-order valence-corrected chi connectivity index (χ4v) is 2.42. The van der Waals surface area contributed by atoms with E-state index in [1.165, 1.54) is 5.19 Å². The summed E-state index contributed by atoms with van der Waals surface area (Å²) in [6.45, 7) is 8.71. The molecule has 0 aliphatic heterocycles. The monoisotopic (exact) mass is 266 g/mol. The molecule has 1 rings (SSSR count). The van der Waals surface area contributed by atoms with Gasteiger partial charge in [-0.05, 0) is 0 Å². The van der Waals surface area contributed by atoms with Gasteiger partial charge in [-0.25, -0.2) is 0 Å². The van der Waals surface area contributed by atoms with E-state index in [0.717, 1.165) is 6.04 Å². The fourth-order valence-electron chi connectivity index (χ4n) is 1.03. The van der Waals surface area contributed by atoms with Gasteiger partial charge in [0.15, 0.2) is 0 Å². The van der Waals surface area contributed by atoms with Crippen molar-refractivity contribution in [2.45, 2.75) is 19.1 Å². The van der Waals surface area contributed by atoms with Crippen LogP contribution in [0.3, 0.4) is 0 Å². The molecule has 68 valence electrons. The van der Waals surface area contributed by atoms with Gasteiger partial charge in [0.1, 0.15) is 0 Å². The average molecular weight is 268 g/mol. The van der Waals surface area contributed by atoms with Gasteiger partial charge in [0, 0.05) is 0 Å². The molecule has 0 bridgehead atoms. The van der Waals surface area contributed by atoms with Crippen molar-refractivity contribution < 1.29 is 17.0 Å². The quantitative estimate of drug-likeness (QED) is 0.479. The van der Waals surface area contributed by atoms with Crippen LogP contribution in [-0.2, 0) is 0 Å². The number of hydrogen-bond donors (Lipinski definition) is 0. The summed E-state index contributed by atoms with van der Waals surface area (Å²) in [4.78, 5) is 0. The molecule has 1 aromatic carbocycles. The number of rotatable bonds is 2. The van der Waals surface area contributed by atoms with Crippen LogP contribution in [-0.4, -0.2) is 31.1 Å². The minimum Gasteiger partial charge on any atom is -1.00 e. The summed E-state index contributed by atoms with van der Waals surface area (Å²) in [6, 6.07) is 11.8. The van der Waals surface area contributed by atoms with Gasteiger partial charge in [-0.15, -0.1) is 0 Å². The average Bonchev–Trinajstić information content (AvgIpc) is 2.06. The van der Waals surface area contributed by atoms with Crippen molar-refractivity contribution in [1.29, 1.82) is 0 Å². The van der Waals surface area contributed by atoms with Crippen molar-refractivity contribution in [3.05, 3.63) is 37.3 Å². The van der Waals surface area contributed by atoms with Gasteiger partial charge in [0.05, 0.1) is 8.07 Å². The molecule has 0 unspecified atom stereocenters. The van der Waals surface area contributed by atoms with Crippen LogP contribution < -0.4 is 22.2 Å². The predicted octanol–water partition coefficient (Wildman–Crippen LogP) is -0.941. The standard InChI is InChI=1S/C10H15Si.BrH.Mg/c1-4-11(2,3)10-8-6-5-7-9-10;;/h5-9H,1,4H2,2-3H3;1H;/q-1;;+2/p-1. The van der Waals surface area contributed by atoms with Crippen LogP contribution in [0.4, 0.5) is 0 Å². The molecule has 0 radical (unpaired) electrons. The minimum absolute atomic E-state index is 0. The first-order chi connectivity index (χ1) is 5.17. The van der Waals surface area contributed by atoms with E-state index < -0.39 is 8.07 Å². The summed E-state index contributed by atoms with van der Waals surface area (Å²) in [5.74, 6) is 0. The van der Waals surface area contributed by atoms with Gasteiger partial charge >= 0.3 is 23.1 Å². The van der Waals surface area contributed by atoms with Gasteiger partial charge in [-0.3, -0.25) is 0 Å². The number of hydrogen-bond acceptors (Lipinski definition) is 0. The Morgan fingerprint density at radius 2 is 1.62 bits per heavy atom. The third-order valence-electron chi connectivity index (χ3n) is 2.18. The van der Waals surface area contributed by atoms with Crippen LogP contribution in [0.25, 0.3) is 0 Å². The molecule has 0 spiro atoms. The van der Waals surface area contributed by atoms with Gasteiger partial charge in [0.25, 0.3) is 0 Å². The Balaban J connectivity index is 0. The zero-order valence-corrected chi connectivity index (χ0v) is 12.4. The number of halogens is 1. The van der Waals surface area contributed by atoms with Crippen LogP contribution in [0.15, 0.2) is 30.3 Å². The van der Waals surface area contributed by atoms with E-state index in [0.29, 0.717) is 0 Å². The second kappa shape index (κ2) is 7.04. The minimum atomic E-state index is -1.16. The van der Waals surface area contributed by atoms with Gasteiger partial charge in [-0.2, -0.15) is 6.04 Å². The van der Waals surface area contributed by atoms with E-state index in [1.54, 1.807) is 0 Å². The van der Waals surface area contributed by atoms with Gasteiger partial charge in [0.2, 0.25) is 0 Å². The summed E-state index contributed by atoms with van der Waals surface area (Å²) in [5, 5.41) is 1.51. The van der Waals surface area contributed by atoms with E-state index >= 15 is 0 Å². The Morgan fingerprint density at radius 1 is 1.15 bits per heavy atom. The number of benzene rings is 1. The normalized spacial score (nSPS) is 9.77. The molecule has 0 aromatic heterocycles. The maximum atomic E-state index is 4.00. The van der Waals surface area contributed by atoms with Crippen LogP contribution in [0.2, 0.25) is 19.1 Å². The molecule has 0 nitrogen and oxygen atoms in total. The smallest absolute Gasteiger partial charge is 1.00 e. The van der Waals surface area contributed by atoms with Gasteiger partial charge in [-0.1, -0.05) is 48.6 Å². The summed E-state index contributed by atoms with van der Waals surface area (Å²) in [7, 11) is -1.16. The van der Waals surface area contributed by atoms with Crippen molar-refractivity contribution in [1.82, 2.24) is 0 Å². The Kier molecular flexibility index (Phi) is 8.73. The van der Waals surface area contributed by atoms with Crippen molar-refractivity contribution in [2.24, 2.45) is 0 Å². The second-order valence-electron chi connectivity index (χ2n) is 3.50. The Morgan fingerprint density at radius 3 is 2.00 bits per heavy atom. The molecule has 3 heteroatoms. The Labute approximate surface area is 109 Å². The Bertz CT molecular complexity index is 224. The summed E-state index contributed by atoms with van der Waals surface area (Å²) in [5.41, 5.74) is 0. The molecule has 0 fully saturated rings. The molecule has 0 saturated heterocycles. The van der Waals surface area contributed by atoms with E-state index in [4.69, 9.17) is 0 Å². The van der Waals surface area contributed by atoms with Crippen molar-refractivity contribution in [3.8, 4) is 0 Å². The zero-order valence-electron chi connectivity index (χ0n) is 8.39. The van der Waals surface area contributed by atoms with Crippen LogP contribution in [0.5, 0.6) is 0 Å². The first-order valence-electron chi connectivity index (χ1n) is 4.01. The Hall–Kier alpha value is 0.683. The molecule has 0 saturated carbocycles. The van der Waals surface area contributed by atoms with Crippen LogP contribution >= 0.6 is 0 Å². The molecular weight excluding hydrogens is 252 g/mol. The molecule has 0 aliphatic carbocycles. The first-order valence-corrected chi connectivity index (χ1v) is 7.22. The molecule has 0 amide bonds. The van der Waals surface area contributed by atoms with Gasteiger partial charge < -0.3 is 23.9 Å². The second-order valence-corrected chi connectivity index (χ2v) is 8.35.